The zero-order valence-corrected chi connectivity index (χ0v) is 14.5. The summed E-state index contributed by atoms with van der Waals surface area (Å²) in [6, 6.07) is 5.67. The van der Waals surface area contributed by atoms with E-state index in [1.165, 1.54) is 0 Å². The van der Waals surface area contributed by atoms with Gasteiger partial charge in [0, 0.05) is 25.7 Å². The molecule has 0 aliphatic carbocycles. The molecule has 0 radical (unpaired) electrons. The Bertz CT molecular complexity index is 693. The molecule has 0 atom stereocenters. The molecule has 0 bridgehead atoms. The quantitative estimate of drug-likeness (QED) is 0.694. The Morgan fingerprint density at radius 2 is 1.96 bits per heavy atom. The van der Waals surface area contributed by atoms with Gasteiger partial charge >= 0.3 is 0 Å². The molecule has 0 saturated carbocycles. The van der Waals surface area contributed by atoms with Gasteiger partial charge in [0.15, 0.2) is 0 Å². The summed E-state index contributed by atoms with van der Waals surface area (Å²) in [4.78, 5) is 28.2. The van der Waals surface area contributed by atoms with Gasteiger partial charge in [-0.3, -0.25) is 14.0 Å². The first-order chi connectivity index (χ1) is 11.6. The number of aromatic nitrogens is 2. The fraction of sp³-hybridized carbons (Fsp3) is 0.500. The molecule has 6 heteroatoms. The van der Waals surface area contributed by atoms with Crippen molar-refractivity contribution in [1.82, 2.24) is 20.0 Å². The highest BCUT2D eigenvalue weighted by molar-refractivity contribution is 5.94. The van der Waals surface area contributed by atoms with Crippen molar-refractivity contribution in [2.45, 2.75) is 46.0 Å². The van der Waals surface area contributed by atoms with Gasteiger partial charge in [-0.05, 0) is 38.3 Å². The number of nitrogens with zero attached hydrogens (tertiary/aromatic N) is 2. The summed E-state index contributed by atoms with van der Waals surface area (Å²) >= 11 is 0. The van der Waals surface area contributed by atoms with Crippen LogP contribution >= 0.6 is 0 Å². The molecular weight excluding hydrogens is 304 g/mol. The van der Waals surface area contributed by atoms with Gasteiger partial charge in [-0.2, -0.15) is 0 Å². The smallest absolute Gasteiger partial charge is 0.270 e. The summed E-state index contributed by atoms with van der Waals surface area (Å²) < 4.78 is 1.81. The predicted molar refractivity (Wildman–Crippen MR) is 94.0 cm³/mol. The lowest BCUT2D eigenvalue weighted by Gasteiger charge is -2.06. The van der Waals surface area contributed by atoms with Crippen LogP contribution in [0.1, 0.15) is 55.2 Å². The predicted octanol–water partition coefficient (Wildman–Crippen LogP) is 2.46. The van der Waals surface area contributed by atoms with E-state index in [4.69, 9.17) is 0 Å². The van der Waals surface area contributed by atoms with Gasteiger partial charge in [0.25, 0.3) is 5.91 Å². The maximum Gasteiger partial charge on any atom is 0.270 e. The first-order valence-corrected chi connectivity index (χ1v) is 8.62. The number of amides is 2. The monoisotopic (exact) mass is 330 g/mol. The van der Waals surface area contributed by atoms with Crippen LogP contribution in [0.2, 0.25) is 0 Å². The number of pyridine rings is 1. The van der Waals surface area contributed by atoms with E-state index in [0.717, 1.165) is 43.6 Å². The van der Waals surface area contributed by atoms with Gasteiger partial charge in [0.05, 0.1) is 5.69 Å². The second-order valence-corrected chi connectivity index (χ2v) is 5.89. The normalized spacial score (nSPS) is 10.8. The number of unbranched alkanes of at least 4 members (excludes halogenated alkanes) is 2. The number of rotatable bonds is 9. The Labute approximate surface area is 142 Å². The maximum atomic E-state index is 12.4. The number of aryl methyl sites for hydroxylation is 1. The SMILES string of the molecule is CCCNC(=O)CCCCCNC(=O)c1c(C)nc2ccccn12. The molecular formula is C18H26N4O2. The second-order valence-electron chi connectivity index (χ2n) is 5.89. The highest BCUT2D eigenvalue weighted by atomic mass is 16.2. The molecule has 6 nitrogen and oxygen atoms in total. The molecule has 0 aliphatic heterocycles. The summed E-state index contributed by atoms with van der Waals surface area (Å²) in [7, 11) is 0. The summed E-state index contributed by atoms with van der Waals surface area (Å²) in [5.74, 6) is 0.00845. The lowest BCUT2D eigenvalue weighted by Crippen LogP contribution is -2.26. The molecule has 0 unspecified atom stereocenters. The molecule has 0 saturated heterocycles. The minimum Gasteiger partial charge on any atom is -0.356 e. The maximum absolute atomic E-state index is 12.4. The summed E-state index contributed by atoms with van der Waals surface area (Å²) in [5.41, 5.74) is 2.09. The number of nitrogens with one attached hydrogen (secondary N) is 2. The first-order valence-electron chi connectivity index (χ1n) is 8.62. The molecule has 2 amide bonds. The van der Waals surface area contributed by atoms with Crippen LogP contribution in [-0.2, 0) is 4.79 Å². The van der Waals surface area contributed by atoms with Crippen LogP contribution in [0.3, 0.4) is 0 Å². The molecule has 2 aromatic rings. The summed E-state index contributed by atoms with van der Waals surface area (Å²) in [5, 5.41) is 5.80. The average Bonchev–Trinajstić information content (AvgIpc) is 2.91. The van der Waals surface area contributed by atoms with Crippen LogP contribution in [0.25, 0.3) is 5.65 Å². The van der Waals surface area contributed by atoms with Crippen molar-refractivity contribution in [1.29, 1.82) is 0 Å². The van der Waals surface area contributed by atoms with Crippen LogP contribution < -0.4 is 10.6 Å². The molecule has 2 N–H and O–H groups in total. The second kappa shape index (κ2) is 9.05. The topological polar surface area (TPSA) is 75.5 Å². The fourth-order valence-electron chi connectivity index (χ4n) is 2.61. The Balaban J connectivity index is 1.72. The number of carbonyl (C=O) groups is 2. The van der Waals surface area contributed by atoms with E-state index in [2.05, 4.69) is 15.6 Å². The van der Waals surface area contributed by atoms with Crippen molar-refractivity contribution >= 4 is 17.5 Å². The molecule has 2 aromatic heterocycles. The third-order valence-corrected chi connectivity index (χ3v) is 3.86. The minimum atomic E-state index is -0.105. The van der Waals surface area contributed by atoms with Crippen molar-refractivity contribution < 1.29 is 9.59 Å². The molecule has 130 valence electrons. The molecule has 0 spiro atoms. The third kappa shape index (κ3) is 4.81. The highest BCUT2D eigenvalue weighted by Crippen LogP contribution is 2.11. The van der Waals surface area contributed by atoms with Crippen molar-refractivity contribution in [2.75, 3.05) is 13.1 Å². The van der Waals surface area contributed by atoms with E-state index in [0.29, 0.717) is 18.7 Å². The summed E-state index contributed by atoms with van der Waals surface area (Å²) in [6.07, 6.45) is 5.99. The zero-order chi connectivity index (χ0) is 17.4. The minimum absolute atomic E-state index is 0.105. The number of hydrogen-bond acceptors (Lipinski definition) is 3. The fourth-order valence-corrected chi connectivity index (χ4v) is 2.61. The third-order valence-electron chi connectivity index (χ3n) is 3.86. The number of fused-ring (bicyclic) bond motifs is 1. The molecule has 2 rings (SSSR count). The molecule has 0 aromatic carbocycles. The van der Waals surface area contributed by atoms with Crippen LogP contribution in [0.5, 0.6) is 0 Å². The Morgan fingerprint density at radius 1 is 1.12 bits per heavy atom. The van der Waals surface area contributed by atoms with E-state index < -0.39 is 0 Å². The van der Waals surface area contributed by atoms with Crippen LogP contribution in [0.4, 0.5) is 0 Å². The van der Waals surface area contributed by atoms with Gasteiger partial charge in [0.2, 0.25) is 5.91 Å². The van der Waals surface area contributed by atoms with Gasteiger partial charge in [-0.25, -0.2) is 4.98 Å². The largest absolute Gasteiger partial charge is 0.356 e. The number of hydrogen-bond donors (Lipinski definition) is 2. The van der Waals surface area contributed by atoms with E-state index >= 15 is 0 Å². The van der Waals surface area contributed by atoms with E-state index in [1.807, 2.05) is 42.6 Å². The Kier molecular flexibility index (Phi) is 6.78. The van der Waals surface area contributed by atoms with E-state index in [9.17, 15) is 9.59 Å². The molecule has 24 heavy (non-hydrogen) atoms. The van der Waals surface area contributed by atoms with Gasteiger partial charge in [0.1, 0.15) is 11.3 Å². The van der Waals surface area contributed by atoms with Crippen LogP contribution in [-0.4, -0.2) is 34.3 Å². The lowest BCUT2D eigenvalue weighted by molar-refractivity contribution is -0.121. The van der Waals surface area contributed by atoms with Gasteiger partial charge in [-0.15, -0.1) is 0 Å². The molecule has 2 heterocycles. The molecule has 0 fully saturated rings. The van der Waals surface area contributed by atoms with Crippen LogP contribution in [0.15, 0.2) is 24.4 Å². The first kappa shape index (κ1) is 18.0. The van der Waals surface area contributed by atoms with Crippen molar-refractivity contribution in [3.63, 3.8) is 0 Å². The van der Waals surface area contributed by atoms with Crippen LogP contribution in [0, 0.1) is 6.92 Å². The standard InChI is InChI=1S/C18H26N4O2/c1-3-11-19-16(23)10-5-4-7-12-20-18(24)17-14(2)21-15-9-6-8-13-22(15)17/h6,8-9,13H,3-5,7,10-12H2,1-2H3,(H,19,23)(H,20,24). The number of imidazole rings is 1. The van der Waals surface area contributed by atoms with E-state index in [1.54, 1.807) is 0 Å². The van der Waals surface area contributed by atoms with Crippen molar-refractivity contribution in [3.05, 3.63) is 35.8 Å². The van der Waals surface area contributed by atoms with Crippen molar-refractivity contribution in [2.24, 2.45) is 0 Å². The lowest BCUT2D eigenvalue weighted by atomic mass is 10.2. The molecule has 0 aliphatic rings. The van der Waals surface area contributed by atoms with E-state index in [-0.39, 0.29) is 11.8 Å². The highest BCUT2D eigenvalue weighted by Gasteiger charge is 2.15. The summed E-state index contributed by atoms with van der Waals surface area (Å²) in [6.45, 7) is 5.23. The van der Waals surface area contributed by atoms with Gasteiger partial charge in [-0.1, -0.05) is 19.4 Å². The Hall–Kier alpha value is -2.37. The average molecular weight is 330 g/mol. The van der Waals surface area contributed by atoms with Crippen molar-refractivity contribution in [3.8, 4) is 0 Å². The van der Waals surface area contributed by atoms with Gasteiger partial charge < -0.3 is 10.6 Å². The Morgan fingerprint density at radius 3 is 2.75 bits per heavy atom. The zero-order valence-electron chi connectivity index (χ0n) is 14.5. The number of carbonyl (C=O) groups excluding carboxylic acids is 2.